The summed E-state index contributed by atoms with van der Waals surface area (Å²) in [6.45, 7) is 6.42. The van der Waals surface area contributed by atoms with Gasteiger partial charge in [0.2, 0.25) is 0 Å². The number of aromatic carboxylic acids is 1. The minimum Gasteiger partial charge on any atom is -0.507 e. The van der Waals surface area contributed by atoms with Gasteiger partial charge in [-0.15, -0.1) is 0 Å². The molecule has 3 aromatic carbocycles. The van der Waals surface area contributed by atoms with Crippen molar-refractivity contribution in [2.45, 2.75) is 53.1 Å². The predicted molar refractivity (Wildman–Crippen MR) is 141 cm³/mol. The third-order valence-corrected chi connectivity index (χ3v) is 5.96. The first kappa shape index (κ1) is 27.6. The Morgan fingerprint density at radius 2 is 1.49 bits per heavy atom. The largest absolute Gasteiger partial charge is 0.507 e. The van der Waals surface area contributed by atoms with Crippen molar-refractivity contribution in [1.29, 1.82) is 0 Å². The van der Waals surface area contributed by atoms with Gasteiger partial charge < -0.3 is 24.4 Å². The van der Waals surface area contributed by atoms with Gasteiger partial charge in [-0.1, -0.05) is 44.5 Å². The van der Waals surface area contributed by atoms with Crippen molar-refractivity contribution < 1.29 is 34.0 Å². The van der Waals surface area contributed by atoms with Gasteiger partial charge in [0.05, 0.1) is 24.3 Å². The van der Waals surface area contributed by atoms with E-state index in [0.717, 1.165) is 29.7 Å². The van der Waals surface area contributed by atoms with Crippen LogP contribution in [-0.2, 0) is 19.4 Å². The quantitative estimate of drug-likeness (QED) is 0.197. The van der Waals surface area contributed by atoms with Gasteiger partial charge in [-0.3, -0.25) is 4.79 Å². The highest BCUT2D eigenvalue weighted by atomic mass is 16.5. The number of carbonyl (C=O) groups excluding carboxylic acids is 1. The van der Waals surface area contributed by atoms with Crippen LogP contribution in [0.15, 0.2) is 54.6 Å². The Morgan fingerprint density at radius 1 is 0.811 bits per heavy atom. The van der Waals surface area contributed by atoms with Crippen LogP contribution in [0, 0.1) is 0 Å². The van der Waals surface area contributed by atoms with Gasteiger partial charge in [-0.25, -0.2) is 4.79 Å². The Morgan fingerprint density at radius 3 is 2.14 bits per heavy atom. The SMILES string of the molecule is CCCc1c(OCCCOc2cc(O)c(C(C)=O)cc2CC)cccc1OCc1ccccc1C(=O)O. The van der Waals surface area contributed by atoms with Crippen LogP contribution in [0.3, 0.4) is 0 Å². The molecule has 7 heteroatoms. The number of hydrogen-bond acceptors (Lipinski definition) is 6. The molecule has 0 unspecified atom stereocenters. The van der Waals surface area contributed by atoms with Gasteiger partial charge in [0.1, 0.15) is 29.6 Å². The third-order valence-electron chi connectivity index (χ3n) is 5.96. The molecule has 0 heterocycles. The van der Waals surface area contributed by atoms with E-state index in [-0.39, 0.29) is 23.7 Å². The normalized spacial score (nSPS) is 10.7. The number of aryl methyl sites for hydroxylation is 1. The lowest BCUT2D eigenvalue weighted by Gasteiger charge is -2.17. The summed E-state index contributed by atoms with van der Waals surface area (Å²) in [4.78, 5) is 23.2. The summed E-state index contributed by atoms with van der Waals surface area (Å²) in [5.74, 6) is 0.709. The van der Waals surface area contributed by atoms with Crippen molar-refractivity contribution in [3.05, 3.63) is 82.4 Å². The second-order valence-corrected chi connectivity index (χ2v) is 8.67. The minimum absolute atomic E-state index is 0.0806. The van der Waals surface area contributed by atoms with E-state index in [2.05, 4.69) is 6.92 Å². The molecule has 2 N–H and O–H groups in total. The monoisotopic (exact) mass is 506 g/mol. The highest BCUT2D eigenvalue weighted by molar-refractivity contribution is 5.97. The zero-order chi connectivity index (χ0) is 26.8. The van der Waals surface area contributed by atoms with Gasteiger partial charge >= 0.3 is 5.97 Å². The summed E-state index contributed by atoms with van der Waals surface area (Å²) >= 11 is 0. The molecule has 0 fully saturated rings. The molecule has 0 spiro atoms. The number of carboxylic acids is 1. The summed E-state index contributed by atoms with van der Waals surface area (Å²) in [5.41, 5.74) is 2.93. The Bertz CT molecular complexity index is 1230. The molecule has 196 valence electrons. The van der Waals surface area contributed by atoms with Gasteiger partial charge in [0.15, 0.2) is 5.78 Å². The van der Waals surface area contributed by atoms with Crippen molar-refractivity contribution in [2.24, 2.45) is 0 Å². The molecular formula is C30H34O7. The fraction of sp³-hybridized carbons (Fsp3) is 0.333. The van der Waals surface area contributed by atoms with Crippen LogP contribution in [0.1, 0.15) is 71.0 Å². The third kappa shape index (κ3) is 7.26. The van der Waals surface area contributed by atoms with E-state index < -0.39 is 5.97 Å². The van der Waals surface area contributed by atoms with E-state index in [1.807, 2.05) is 25.1 Å². The molecule has 0 aliphatic carbocycles. The Kier molecular flexibility index (Phi) is 9.95. The minimum atomic E-state index is -0.983. The lowest BCUT2D eigenvalue weighted by molar-refractivity contribution is 0.0693. The summed E-state index contributed by atoms with van der Waals surface area (Å²) in [6, 6.07) is 15.6. The maximum Gasteiger partial charge on any atom is 0.336 e. The van der Waals surface area contributed by atoms with Crippen LogP contribution in [0.2, 0.25) is 0 Å². The maximum atomic E-state index is 11.7. The van der Waals surface area contributed by atoms with E-state index in [0.29, 0.717) is 48.7 Å². The van der Waals surface area contributed by atoms with Crippen molar-refractivity contribution in [2.75, 3.05) is 13.2 Å². The lowest BCUT2D eigenvalue weighted by Crippen LogP contribution is -2.09. The Balaban J connectivity index is 1.61. The highest BCUT2D eigenvalue weighted by Crippen LogP contribution is 2.32. The predicted octanol–water partition coefficient (Wildman–Crippen LogP) is 6.23. The van der Waals surface area contributed by atoms with E-state index in [9.17, 15) is 19.8 Å². The second-order valence-electron chi connectivity index (χ2n) is 8.67. The number of phenols is 1. The average Bonchev–Trinajstić information content (AvgIpc) is 2.88. The molecule has 0 atom stereocenters. The highest BCUT2D eigenvalue weighted by Gasteiger charge is 2.15. The summed E-state index contributed by atoms with van der Waals surface area (Å²) in [7, 11) is 0. The van der Waals surface area contributed by atoms with E-state index in [4.69, 9.17) is 14.2 Å². The summed E-state index contributed by atoms with van der Waals surface area (Å²) in [6.07, 6.45) is 2.94. The van der Waals surface area contributed by atoms with Crippen LogP contribution >= 0.6 is 0 Å². The number of carboxylic acid groups (broad SMARTS) is 1. The first-order valence-electron chi connectivity index (χ1n) is 12.5. The maximum absolute atomic E-state index is 11.7. The number of aromatic hydroxyl groups is 1. The van der Waals surface area contributed by atoms with Gasteiger partial charge in [0.25, 0.3) is 0 Å². The van der Waals surface area contributed by atoms with Crippen LogP contribution < -0.4 is 14.2 Å². The van der Waals surface area contributed by atoms with Crippen molar-refractivity contribution in [1.82, 2.24) is 0 Å². The number of hydrogen-bond donors (Lipinski definition) is 2. The number of rotatable bonds is 14. The number of ketones is 1. The van der Waals surface area contributed by atoms with E-state index in [1.54, 1.807) is 30.3 Å². The lowest BCUT2D eigenvalue weighted by atomic mass is 10.0. The van der Waals surface area contributed by atoms with Crippen LogP contribution in [0.4, 0.5) is 0 Å². The first-order valence-corrected chi connectivity index (χ1v) is 12.5. The molecule has 0 saturated carbocycles. The molecular weight excluding hydrogens is 472 g/mol. The molecule has 0 bridgehead atoms. The molecule has 7 nitrogen and oxygen atoms in total. The molecule has 0 saturated heterocycles. The van der Waals surface area contributed by atoms with Crippen molar-refractivity contribution in [3.63, 3.8) is 0 Å². The summed E-state index contributed by atoms with van der Waals surface area (Å²) in [5, 5.41) is 19.6. The molecule has 3 rings (SSSR count). The second kappa shape index (κ2) is 13.3. The molecule has 37 heavy (non-hydrogen) atoms. The van der Waals surface area contributed by atoms with Gasteiger partial charge in [-0.2, -0.15) is 0 Å². The number of benzene rings is 3. The van der Waals surface area contributed by atoms with Crippen molar-refractivity contribution >= 4 is 11.8 Å². The van der Waals surface area contributed by atoms with Crippen LogP contribution in [-0.4, -0.2) is 35.2 Å². The molecule has 0 aliphatic rings. The zero-order valence-corrected chi connectivity index (χ0v) is 21.6. The Labute approximate surface area is 217 Å². The van der Waals surface area contributed by atoms with E-state index in [1.165, 1.54) is 13.0 Å². The standard InChI is InChI=1S/C30H34O7/c1-4-10-24-27(13-8-14-28(24)37-19-22-11-6-7-12-23(22)30(33)34)35-15-9-16-36-29-18-26(32)25(20(3)31)17-21(29)5-2/h6-8,11-14,17-18,32H,4-5,9-10,15-16,19H2,1-3H3,(H,33,34). The number of phenolic OH excluding ortho intramolecular Hbond substituents is 1. The van der Waals surface area contributed by atoms with Crippen LogP contribution in [0.25, 0.3) is 0 Å². The van der Waals surface area contributed by atoms with Crippen LogP contribution in [0.5, 0.6) is 23.0 Å². The number of Topliss-reactive ketones (excluding diaryl/α,β-unsaturated/α-hetero) is 1. The smallest absolute Gasteiger partial charge is 0.336 e. The average molecular weight is 507 g/mol. The van der Waals surface area contributed by atoms with Crippen molar-refractivity contribution in [3.8, 4) is 23.0 Å². The molecule has 0 aromatic heterocycles. The van der Waals surface area contributed by atoms with Gasteiger partial charge in [0, 0.05) is 23.6 Å². The van der Waals surface area contributed by atoms with Gasteiger partial charge in [-0.05, 0) is 49.6 Å². The molecule has 0 amide bonds. The number of ether oxygens (including phenoxy) is 3. The fourth-order valence-corrected chi connectivity index (χ4v) is 4.05. The molecule has 0 aliphatic heterocycles. The summed E-state index contributed by atoms with van der Waals surface area (Å²) < 4.78 is 18.0. The molecule has 3 aromatic rings. The Hall–Kier alpha value is -4.00. The number of carbonyl (C=O) groups is 2. The first-order chi connectivity index (χ1) is 17.8. The zero-order valence-electron chi connectivity index (χ0n) is 21.6. The molecule has 0 radical (unpaired) electrons. The topological polar surface area (TPSA) is 102 Å². The van der Waals surface area contributed by atoms with E-state index >= 15 is 0 Å². The fourth-order valence-electron chi connectivity index (χ4n) is 4.05.